The average molecular weight is 562 g/mol. The van der Waals surface area contributed by atoms with Gasteiger partial charge in [0.1, 0.15) is 19.2 Å². The standard InChI is InChI=1S/C13H18N2O3SSi.C5H3BrN2O3S/c1-13(2,3)20(4,5)7-6-9-8-10(11(14)16)12(19-9)15(17)18;6-3-1-2(4(7)9)5(12-3)8(10)11/h8H,1-5H3,(H2,14,16);1H,(H2,7,9). The van der Waals surface area contributed by atoms with Crippen LogP contribution in [0.1, 0.15) is 46.4 Å². The molecule has 0 saturated carbocycles. The second kappa shape index (κ2) is 10.3. The molecule has 10 nitrogen and oxygen atoms in total. The molecule has 0 fully saturated rings. The SMILES string of the molecule is CC(C)(C)[Si](C)(C)C#Cc1cc(C(N)=O)c([N+](=O)[O-])s1.NC(=O)c1cc(Br)sc1[N+](=O)[O-]. The van der Waals surface area contributed by atoms with Crippen molar-refractivity contribution < 1.29 is 19.4 Å². The maximum Gasteiger partial charge on any atom is 0.338 e. The molecular formula is C18H21BrN4O6S2Si. The number of rotatable bonds is 4. The van der Waals surface area contributed by atoms with E-state index in [0.717, 1.165) is 22.7 Å². The van der Waals surface area contributed by atoms with Gasteiger partial charge >= 0.3 is 10.0 Å². The molecule has 0 aromatic carbocycles. The summed E-state index contributed by atoms with van der Waals surface area (Å²) in [5, 5.41) is 20.8. The molecule has 0 aliphatic rings. The maximum absolute atomic E-state index is 11.2. The quantitative estimate of drug-likeness (QED) is 0.237. The van der Waals surface area contributed by atoms with Crippen molar-refractivity contribution in [2.45, 2.75) is 38.9 Å². The fourth-order valence-electron chi connectivity index (χ4n) is 1.82. The summed E-state index contributed by atoms with van der Waals surface area (Å²) in [4.78, 5) is 42.3. The van der Waals surface area contributed by atoms with E-state index in [1.54, 1.807) is 0 Å². The Kier molecular flexibility index (Phi) is 8.87. The van der Waals surface area contributed by atoms with E-state index in [-0.39, 0.29) is 26.2 Å². The van der Waals surface area contributed by atoms with Gasteiger partial charge in [-0.15, -0.1) is 5.54 Å². The van der Waals surface area contributed by atoms with Crippen molar-refractivity contribution in [2.24, 2.45) is 11.5 Å². The van der Waals surface area contributed by atoms with Gasteiger partial charge in [0, 0.05) is 0 Å². The first-order valence-corrected chi connectivity index (χ1v) is 14.2. The first kappa shape index (κ1) is 27.4. The summed E-state index contributed by atoms with van der Waals surface area (Å²) in [6.07, 6.45) is 0. The lowest BCUT2D eigenvalue weighted by Crippen LogP contribution is -2.35. The lowest BCUT2D eigenvalue weighted by Gasteiger charge is -2.31. The number of amides is 2. The molecular weight excluding hydrogens is 540 g/mol. The predicted molar refractivity (Wildman–Crippen MR) is 131 cm³/mol. The number of hydrogen-bond donors (Lipinski definition) is 2. The molecule has 0 radical (unpaired) electrons. The van der Waals surface area contributed by atoms with Crippen LogP contribution < -0.4 is 11.5 Å². The minimum absolute atomic E-state index is 0.0584. The number of carbonyl (C=O) groups excluding carboxylic acids is 2. The van der Waals surface area contributed by atoms with Crippen molar-refractivity contribution in [3.63, 3.8) is 0 Å². The van der Waals surface area contributed by atoms with Gasteiger partial charge in [0.25, 0.3) is 11.8 Å². The molecule has 2 rings (SSSR count). The van der Waals surface area contributed by atoms with Crippen LogP contribution in [-0.4, -0.2) is 29.7 Å². The zero-order chi connectivity index (χ0) is 25.0. The van der Waals surface area contributed by atoms with Gasteiger partial charge in [-0.2, -0.15) is 0 Å². The van der Waals surface area contributed by atoms with Crippen molar-refractivity contribution in [1.82, 2.24) is 0 Å². The topological polar surface area (TPSA) is 172 Å². The van der Waals surface area contributed by atoms with Gasteiger partial charge < -0.3 is 11.5 Å². The van der Waals surface area contributed by atoms with Crippen LogP contribution in [0.3, 0.4) is 0 Å². The Labute approximate surface area is 201 Å². The third-order valence-electron chi connectivity index (χ3n) is 4.63. The first-order valence-electron chi connectivity index (χ1n) is 8.82. The molecule has 14 heteroatoms. The highest BCUT2D eigenvalue weighted by Crippen LogP contribution is 2.36. The lowest BCUT2D eigenvalue weighted by molar-refractivity contribution is -0.380. The van der Waals surface area contributed by atoms with Crippen LogP contribution in [-0.2, 0) is 0 Å². The van der Waals surface area contributed by atoms with Gasteiger partial charge in [-0.1, -0.05) is 62.5 Å². The zero-order valence-electron chi connectivity index (χ0n) is 17.8. The summed E-state index contributed by atoms with van der Waals surface area (Å²) >= 11 is 4.79. The van der Waals surface area contributed by atoms with E-state index in [4.69, 9.17) is 11.5 Å². The number of primary amides is 2. The van der Waals surface area contributed by atoms with Crippen LogP contribution in [0.5, 0.6) is 0 Å². The number of carbonyl (C=O) groups is 2. The average Bonchev–Trinajstić information content (AvgIpc) is 3.23. The Balaban J connectivity index is 0.000000363. The van der Waals surface area contributed by atoms with E-state index in [1.165, 1.54) is 12.1 Å². The largest absolute Gasteiger partial charge is 0.365 e. The van der Waals surface area contributed by atoms with E-state index in [0.29, 0.717) is 8.66 Å². The third kappa shape index (κ3) is 6.95. The Morgan fingerprint density at radius 3 is 1.78 bits per heavy atom. The summed E-state index contributed by atoms with van der Waals surface area (Å²) in [6, 6.07) is 2.75. The lowest BCUT2D eigenvalue weighted by atomic mass is 10.2. The number of nitrogens with two attached hydrogens (primary N) is 2. The minimum atomic E-state index is -1.79. The molecule has 0 spiro atoms. The normalized spacial score (nSPS) is 10.9. The van der Waals surface area contributed by atoms with Crippen LogP contribution in [0.25, 0.3) is 0 Å². The molecule has 32 heavy (non-hydrogen) atoms. The van der Waals surface area contributed by atoms with Crippen molar-refractivity contribution >= 4 is 68.5 Å². The number of nitrogens with zero attached hydrogens (tertiary/aromatic N) is 2. The highest BCUT2D eigenvalue weighted by molar-refractivity contribution is 9.11. The third-order valence-corrected chi connectivity index (χ3v) is 11.7. The molecule has 0 saturated heterocycles. The zero-order valence-corrected chi connectivity index (χ0v) is 22.1. The summed E-state index contributed by atoms with van der Waals surface area (Å²) in [7, 11) is -1.79. The summed E-state index contributed by atoms with van der Waals surface area (Å²) in [5.74, 6) is 1.39. The van der Waals surface area contributed by atoms with Gasteiger partial charge in [0.15, 0.2) is 0 Å². The van der Waals surface area contributed by atoms with E-state index in [2.05, 4.69) is 61.3 Å². The molecule has 0 unspecified atom stereocenters. The molecule has 0 aliphatic carbocycles. The van der Waals surface area contributed by atoms with Crippen molar-refractivity contribution in [3.8, 4) is 11.5 Å². The van der Waals surface area contributed by atoms with E-state index >= 15 is 0 Å². The molecule has 2 amide bonds. The molecule has 0 atom stereocenters. The number of thiophene rings is 2. The molecule has 2 aromatic rings. The smallest absolute Gasteiger partial charge is 0.338 e. The van der Waals surface area contributed by atoms with Gasteiger partial charge in [-0.05, 0) is 33.1 Å². The van der Waals surface area contributed by atoms with E-state index < -0.39 is 29.7 Å². The van der Waals surface area contributed by atoms with Crippen LogP contribution in [0.2, 0.25) is 18.1 Å². The van der Waals surface area contributed by atoms with E-state index in [9.17, 15) is 29.8 Å². The van der Waals surface area contributed by atoms with Gasteiger partial charge in [-0.3, -0.25) is 29.8 Å². The maximum atomic E-state index is 11.2. The number of hydrogen-bond acceptors (Lipinski definition) is 8. The van der Waals surface area contributed by atoms with Crippen molar-refractivity contribution in [2.75, 3.05) is 0 Å². The number of halogens is 1. The Morgan fingerprint density at radius 1 is 1.00 bits per heavy atom. The second-order valence-corrected chi connectivity index (χ2v) is 16.4. The summed E-state index contributed by atoms with van der Waals surface area (Å²) in [5.41, 5.74) is 13.2. The van der Waals surface area contributed by atoms with Crippen molar-refractivity contribution in [1.29, 1.82) is 0 Å². The van der Waals surface area contributed by atoms with Gasteiger partial charge in [-0.25, -0.2) is 0 Å². The number of nitro groups is 2. The van der Waals surface area contributed by atoms with Crippen molar-refractivity contribution in [3.05, 3.63) is 52.2 Å². The van der Waals surface area contributed by atoms with Crippen LogP contribution >= 0.6 is 38.6 Å². The van der Waals surface area contributed by atoms with E-state index in [1.807, 2.05) is 0 Å². The summed E-state index contributed by atoms with van der Waals surface area (Å²) < 4.78 is 0.517. The van der Waals surface area contributed by atoms with Crippen LogP contribution in [0, 0.1) is 31.7 Å². The minimum Gasteiger partial charge on any atom is -0.365 e. The highest BCUT2D eigenvalue weighted by Gasteiger charge is 2.34. The fourth-order valence-corrected chi connectivity index (χ4v) is 4.96. The monoisotopic (exact) mass is 560 g/mol. The molecule has 4 N–H and O–H groups in total. The molecule has 172 valence electrons. The fraction of sp³-hybridized carbons (Fsp3) is 0.333. The first-order chi connectivity index (χ1) is 14.5. The van der Waals surface area contributed by atoms with Gasteiger partial charge in [0.05, 0.1) is 18.5 Å². The van der Waals surface area contributed by atoms with Crippen LogP contribution in [0.4, 0.5) is 10.0 Å². The Hall–Kier alpha value is -2.60. The highest BCUT2D eigenvalue weighted by atomic mass is 79.9. The predicted octanol–water partition coefficient (Wildman–Crippen LogP) is 4.67. The van der Waals surface area contributed by atoms with Gasteiger partial charge in [0.2, 0.25) is 0 Å². The second-order valence-electron chi connectivity index (χ2n) is 7.97. The Bertz CT molecular complexity index is 1080. The molecule has 2 aromatic heterocycles. The molecule has 0 aliphatic heterocycles. The van der Waals surface area contributed by atoms with Crippen LogP contribution in [0.15, 0.2) is 15.9 Å². The molecule has 0 bridgehead atoms. The Morgan fingerprint density at radius 2 is 1.44 bits per heavy atom. The molecule has 2 heterocycles. The summed E-state index contributed by atoms with van der Waals surface area (Å²) in [6.45, 7) is 10.7.